The molecule has 4 rings (SSSR count). The average Bonchev–Trinajstić information content (AvgIpc) is 3.26. The van der Waals surface area contributed by atoms with Crippen LogP contribution in [-0.2, 0) is 16.1 Å². The lowest BCUT2D eigenvalue weighted by molar-refractivity contribution is -0.127. The summed E-state index contributed by atoms with van der Waals surface area (Å²) in [6.07, 6.45) is 3.47. The van der Waals surface area contributed by atoms with Gasteiger partial charge in [0, 0.05) is 19.3 Å². The number of carbonyl (C=O) groups is 1. The predicted molar refractivity (Wildman–Crippen MR) is 98.6 cm³/mol. The Kier molecular flexibility index (Phi) is 4.83. The van der Waals surface area contributed by atoms with Crippen molar-refractivity contribution < 1.29 is 9.53 Å². The van der Waals surface area contributed by atoms with Gasteiger partial charge in [0.05, 0.1) is 17.5 Å². The molecule has 1 amide bonds. The van der Waals surface area contributed by atoms with Gasteiger partial charge in [-0.05, 0) is 66.8 Å². The molecule has 0 bridgehead atoms. The highest BCUT2D eigenvalue weighted by Gasteiger charge is 2.41. The second kappa shape index (κ2) is 7.23. The molecule has 132 valence electrons. The van der Waals surface area contributed by atoms with Crippen molar-refractivity contribution in [1.82, 2.24) is 9.88 Å². The van der Waals surface area contributed by atoms with Crippen molar-refractivity contribution in [2.24, 2.45) is 5.92 Å². The smallest absolute Gasteiger partial charge is 0.253 e. The second-order valence-corrected chi connectivity index (χ2v) is 7.72. The van der Waals surface area contributed by atoms with E-state index in [1.807, 2.05) is 19.1 Å². The highest BCUT2D eigenvalue weighted by molar-refractivity contribution is 7.07. The van der Waals surface area contributed by atoms with Crippen LogP contribution >= 0.6 is 11.3 Å². The van der Waals surface area contributed by atoms with Gasteiger partial charge in [0.2, 0.25) is 0 Å². The third kappa shape index (κ3) is 3.76. The standard InChI is InChI=1S/C19H23N3O2S/c1-13-16(3-2-6-20-13)21-19(23)17-9-15-4-7-22(11-18(15)24-17)10-14-5-8-25-12-14/h2-3,5-6,8,12,15,17-18H,4,7,9-11H2,1H3,(H,21,23)/t15-,17+,18+/m0/s1. The molecule has 2 aromatic rings. The third-order valence-electron chi connectivity index (χ3n) is 5.18. The number of carbonyl (C=O) groups excluding carboxylic acids is 1. The van der Waals surface area contributed by atoms with Crippen molar-refractivity contribution in [2.75, 3.05) is 18.4 Å². The summed E-state index contributed by atoms with van der Waals surface area (Å²) in [7, 11) is 0. The Morgan fingerprint density at radius 2 is 2.40 bits per heavy atom. The number of nitrogens with zero attached hydrogens (tertiary/aromatic N) is 2. The van der Waals surface area contributed by atoms with Crippen LogP contribution in [0.3, 0.4) is 0 Å². The number of hydrogen-bond donors (Lipinski definition) is 1. The number of pyridine rings is 1. The van der Waals surface area contributed by atoms with E-state index in [4.69, 9.17) is 4.74 Å². The van der Waals surface area contributed by atoms with Crippen LogP contribution in [0, 0.1) is 12.8 Å². The minimum absolute atomic E-state index is 0.0464. The normalized spacial score (nSPS) is 26.4. The number of piperidine rings is 1. The Morgan fingerprint density at radius 1 is 1.48 bits per heavy atom. The Balaban J connectivity index is 1.34. The topological polar surface area (TPSA) is 54.5 Å². The van der Waals surface area contributed by atoms with E-state index in [-0.39, 0.29) is 18.1 Å². The maximum absolute atomic E-state index is 12.6. The molecule has 3 atom stereocenters. The quantitative estimate of drug-likeness (QED) is 0.914. The van der Waals surface area contributed by atoms with E-state index in [1.54, 1.807) is 17.5 Å². The van der Waals surface area contributed by atoms with Gasteiger partial charge in [-0.25, -0.2) is 0 Å². The monoisotopic (exact) mass is 357 g/mol. The van der Waals surface area contributed by atoms with Gasteiger partial charge in [0.25, 0.3) is 5.91 Å². The molecule has 25 heavy (non-hydrogen) atoms. The summed E-state index contributed by atoms with van der Waals surface area (Å²) in [4.78, 5) is 19.2. The van der Waals surface area contributed by atoms with Crippen LogP contribution in [0.1, 0.15) is 24.1 Å². The minimum Gasteiger partial charge on any atom is -0.364 e. The molecule has 2 fully saturated rings. The fourth-order valence-electron chi connectivity index (χ4n) is 3.78. The number of nitrogens with one attached hydrogen (secondary N) is 1. The maximum Gasteiger partial charge on any atom is 0.253 e. The Bertz CT molecular complexity index is 734. The second-order valence-electron chi connectivity index (χ2n) is 6.94. The maximum atomic E-state index is 12.6. The van der Waals surface area contributed by atoms with Crippen molar-refractivity contribution in [3.63, 3.8) is 0 Å². The van der Waals surface area contributed by atoms with Crippen molar-refractivity contribution in [3.8, 4) is 0 Å². The number of thiophene rings is 1. The molecular formula is C19H23N3O2S. The van der Waals surface area contributed by atoms with Gasteiger partial charge in [-0.2, -0.15) is 11.3 Å². The number of fused-ring (bicyclic) bond motifs is 1. The average molecular weight is 357 g/mol. The van der Waals surface area contributed by atoms with E-state index in [0.717, 1.165) is 43.9 Å². The molecule has 0 unspecified atom stereocenters. The van der Waals surface area contributed by atoms with Gasteiger partial charge in [0.15, 0.2) is 0 Å². The van der Waals surface area contributed by atoms with Gasteiger partial charge in [-0.3, -0.25) is 14.7 Å². The lowest BCUT2D eigenvalue weighted by Gasteiger charge is -2.33. The first kappa shape index (κ1) is 16.7. The fourth-order valence-corrected chi connectivity index (χ4v) is 4.44. The molecule has 5 nitrogen and oxygen atoms in total. The fraction of sp³-hybridized carbons (Fsp3) is 0.474. The van der Waals surface area contributed by atoms with Crippen LogP contribution in [-0.4, -0.2) is 41.1 Å². The Labute approximate surface area is 152 Å². The molecule has 4 heterocycles. The molecule has 0 spiro atoms. The van der Waals surface area contributed by atoms with E-state index in [1.165, 1.54) is 5.56 Å². The van der Waals surface area contributed by atoms with Crippen molar-refractivity contribution in [3.05, 3.63) is 46.4 Å². The van der Waals surface area contributed by atoms with Crippen LogP contribution in [0.2, 0.25) is 0 Å². The zero-order valence-electron chi connectivity index (χ0n) is 14.4. The zero-order valence-corrected chi connectivity index (χ0v) is 15.2. The van der Waals surface area contributed by atoms with E-state index in [2.05, 4.69) is 32.0 Å². The first-order valence-corrected chi connectivity index (χ1v) is 9.74. The van der Waals surface area contributed by atoms with Gasteiger partial charge >= 0.3 is 0 Å². The molecule has 0 radical (unpaired) electrons. The van der Waals surface area contributed by atoms with Crippen LogP contribution in [0.4, 0.5) is 5.69 Å². The molecule has 2 aliphatic heterocycles. The lowest BCUT2D eigenvalue weighted by atomic mass is 9.91. The number of ether oxygens (including phenoxy) is 1. The summed E-state index contributed by atoms with van der Waals surface area (Å²) in [5.74, 6) is 0.444. The number of rotatable bonds is 4. The largest absolute Gasteiger partial charge is 0.364 e. The van der Waals surface area contributed by atoms with Crippen LogP contribution in [0.15, 0.2) is 35.2 Å². The Morgan fingerprint density at radius 3 is 3.20 bits per heavy atom. The Hall–Kier alpha value is -1.76. The first-order chi connectivity index (χ1) is 12.2. The summed E-state index contributed by atoms with van der Waals surface area (Å²) < 4.78 is 6.12. The molecule has 2 saturated heterocycles. The number of aromatic nitrogens is 1. The van der Waals surface area contributed by atoms with E-state index in [9.17, 15) is 4.79 Å². The molecular weight excluding hydrogens is 334 g/mol. The molecule has 0 aromatic carbocycles. The highest BCUT2D eigenvalue weighted by atomic mass is 32.1. The lowest BCUT2D eigenvalue weighted by Crippen LogP contribution is -2.41. The summed E-state index contributed by atoms with van der Waals surface area (Å²) in [5, 5.41) is 7.29. The minimum atomic E-state index is -0.351. The van der Waals surface area contributed by atoms with E-state index >= 15 is 0 Å². The van der Waals surface area contributed by atoms with Gasteiger partial charge in [0.1, 0.15) is 6.10 Å². The number of hydrogen-bond acceptors (Lipinski definition) is 5. The van der Waals surface area contributed by atoms with Crippen LogP contribution < -0.4 is 5.32 Å². The van der Waals surface area contributed by atoms with Crippen LogP contribution in [0.25, 0.3) is 0 Å². The molecule has 2 aromatic heterocycles. The van der Waals surface area contributed by atoms with Crippen molar-refractivity contribution in [1.29, 1.82) is 0 Å². The summed E-state index contributed by atoms with van der Waals surface area (Å²) in [6, 6.07) is 5.89. The zero-order chi connectivity index (χ0) is 17.2. The molecule has 2 aliphatic rings. The van der Waals surface area contributed by atoms with E-state index < -0.39 is 0 Å². The number of amides is 1. The summed E-state index contributed by atoms with van der Waals surface area (Å²) in [5.41, 5.74) is 2.96. The highest BCUT2D eigenvalue weighted by Crippen LogP contribution is 2.34. The number of aryl methyl sites for hydroxylation is 1. The van der Waals surface area contributed by atoms with Gasteiger partial charge in [-0.15, -0.1) is 0 Å². The third-order valence-corrected chi connectivity index (χ3v) is 5.91. The summed E-state index contributed by atoms with van der Waals surface area (Å²) >= 11 is 1.74. The van der Waals surface area contributed by atoms with E-state index in [0.29, 0.717) is 5.92 Å². The van der Waals surface area contributed by atoms with Crippen molar-refractivity contribution >= 4 is 22.9 Å². The van der Waals surface area contributed by atoms with Gasteiger partial charge < -0.3 is 10.1 Å². The SMILES string of the molecule is Cc1ncccc1NC(=O)[C@H]1C[C@@H]2CCN(Cc3ccsc3)C[C@H]2O1. The first-order valence-electron chi connectivity index (χ1n) is 8.80. The molecule has 1 N–H and O–H groups in total. The van der Waals surface area contributed by atoms with Crippen molar-refractivity contribution in [2.45, 2.75) is 38.5 Å². The number of anilines is 1. The van der Waals surface area contributed by atoms with Crippen LogP contribution in [0.5, 0.6) is 0 Å². The molecule has 0 saturated carbocycles. The summed E-state index contributed by atoms with van der Waals surface area (Å²) in [6.45, 7) is 4.86. The van der Waals surface area contributed by atoms with Gasteiger partial charge in [-0.1, -0.05) is 0 Å². The number of likely N-dealkylation sites (tertiary alicyclic amines) is 1. The predicted octanol–water partition coefficient (Wildman–Crippen LogP) is 3.07. The molecule has 0 aliphatic carbocycles. The molecule has 6 heteroatoms.